The number of nitrogens with zero attached hydrogens (tertiary/aromatic N) is 3. The standard InChI is InChI=1S/C19H25ClN4O3/c1-3-9-27-18-14(20)10-13(11-15(18)26-2)19(25)21-12-17-23-22-16-7-5-4-6-8-24(16)17/h10-11H,3-9,12H2,1-2H3,(H,21,25). The van der Waals surface area contributed by atoms with Crippen LogP contribution >= 0.6 is 11.6 Å². The monoisotopic (exact) mass is 392 g/mol. The largest absolute Gasteiger partial charge is 0.493 e. The van der Waals surface area contributed by atoms with E-state index < -0.39 is 0 Å². The van der Waals surface area contributed by atoms with E-state index in [4.69, 9.17) is 21.1 Å². The van der Waals surface area contributed by atoms with Gasteiger partial charge in [-0.2, -0.15) is 0 Å². The van der Waals surface area contributed by atoms with E-state index in [0.717, 1.165) is 43.9 Å². The van der Waals surface area contributed by atoms with Gasteiger partial charge >= 0.3 is 0 Å². The van der Waals surface area contributed by atoms with Crippen LogP contribution in [0.1, 0.15) is 54.6 Å². The zero-order valence-corrected chi connectivity index (χ0v) is 16.5. The third-order valence-electron chi connectivity index (χ3n) is 4.54. The molecule has 2 aromatic rings. The Balaban J connectivity index is 1.71. The highest BCUT2D eigenvalue weighted by Gasteiger charge is 2.18. The molecule has 0 fully saturated rings. The molecule has 1 amide bonds. The highest BCUT2D eigenvalue weighted by Crippen LogP contribution is 2.36. The third-order valence-corrected chi connectivity index (χ3v) is 4.82. The normalized spacial score (nSPS) is 13.6. The van der Waals surface area contributed by atoms with Crippen molar-refractivity contribution in [2.24, 2.45) is 0 Å². The van der Waals surface area contributed by atoms with E-state index in [-0.39, 0.29) is 5.91 Å². The van der Waals surface area contributed by atoms with Crippen LogP contribution in [-0.2, 0) is 19.5 Å². The summed E-state index contributed by atoms with van der Waals surface area (Å²) in [6.45, 7) is 3.75. The molecule has 2 heterocycles. The zero-order chi connectivity index (χ0) is 19.2. The summed E-state index contributed by atoms with van der Waals surface area (Å²) in [6, 6.07) is 3.23. The second-order valence-corrected chi connectivity index (χ2v) is 6.92. The van der Waals surface area contributed by atoms with Gasteiger partial charge in [-0.15, -0.1) is 10.2 Å². The molecule has 0 spiro atoms. The molecule has 0 saturated heterocycles. The molecule has 0 atom stereocenters. The van der Waals surface area contributed by atoms with Gasteiger partial charge in [0.1, 0.15) is 5.82 Å². The van der Waals surface area contributed by atoms with Crippen LogP contribution in [0.2, 0.25) is 5.02 Å². The Labute approximate surface area is 164 Å². The van der Waals surface area contributed by atoms with Crippen molar-refractivity contribution < 1.29 is 14.3 Å². The van der Waals surface area contributed by atoms with Crippen molar-refractivity contribution in [3.05, 3.63) is 34.4 Å². The van der Waals surface area contributed by atoms with E-state index in [2.05, 4.69) is 20.1 Å². The van der Waals surface area contributed by atoms with E-state index in [0.29, 0.717) is 35.2 Å². The minimum absolute atomic E-state index is 0.247. The molecule has 1 aliphatic rings. The molecule has 8 heteroatoms. The SMILES string of the molecule is CCCOc1c(Cl)cc(C(=O)NCc2nnc3n2CCCCC3)cc1OC. The fourth-order valence-electron chi connectivity index (χ4n) is 3.13. The van der Waals surface area contributed by atoms with Crippen LogP contribution in [0.4, 0.5) is 0 Å². The zero-order valence-electron chi connectivity index (χ0n) is 15.8. The number of hydrogen-bond acceptors (Lipinski definition) is 5. The average molecular weight is 393 g/mol. The lowest BCUT2D eigenvalue weighted by molar-refractivity contribution is 0.0949. The summed E-state index contributed by atoms with van der Waals surface area (Å²) in [4.78, 5) is 12.6. The predicted molar refractivity (Wildman–Crippen MR) is 103 cm³/mol. The summed E-state index contributed by atoms with van der Waals surface area (Å²) in [5.41, 5.74) is 0.413. The molecule has 1 aliphatic heterocycles. The number of benzene rings is 1. The highest BCUT2D eigenvalue weighted by atomic mass is 35.5. The number of carbonyl (C=O) groups is 1. The van der Waals surface area contributed by atoms with Crippen LogP contribution in [0, 0.1) is 0 Å². The van der Waals surface area contributed by atoms with Crippen molar-refractivity contribution in [2.45, 2.75) is 52.1 Å². The van der Waals surface area contributed by atoms with Crippen molar-refractivity contribution in [2.75, 3.05) is 13.7 Å². The maximum atomic E-state index is 12.6. The molecule has 3 rings (SSSR count). The number of aromatic nitrogens is 3. The number of rotatable bonds is 7. The maximum absolute atomic E-state index is 12.6. The number of aryl methyl sites for hydroxylation is 1. The van der Waals surface area contributed by atoms with Crippen LogP contribution < -0.4 is 14.8 Å². The van der Waals surface area contributed by atoms with Crippen molar-refractivity contribution in [3.63, 3.8) is 0 Å². The van der Waals surface area contributed by atoms with Crippen LogP contribution in [-0.4, -0.2) is 34.4 Å². The Morgan fingerprint density at radius 1 is 1.30 bits per heavy atom. The molecule has 7 nitrogen and oxygen atoms in total. The van der Waals surface area contributed by atoms with Gasteiger partial charge in [-0.3, -0.25) is 4.79 Å². The molecule has 1 aromatic heterocycles. The van der Waals surface area contributed by atoms with Crippen molar-refractivity contribution in [1.82, 2.24) is 20.1 Å². The van der Waals surface area contributed by atoms with Crippen LogP contribution in [0.25, 0.3) is 0 Å². The smallest absolute Gasteiger partial charge is 0.251 e. The number of amides is 1. The molecule has 0 saturated carbocycles. The summed E-state index contributed by atoms with van der Waals surface area (Å²) in [7, 11) is 1.53. The first-order valence-electron chi connectivity index (χ1n) is 9.33. The molecule has 0 bridgehead atoms. The molecule has 0 aliphatic carbocycles. The molecule has 146 valence electrons. The quantitative estimate of drug-likeness (QED) is 0.781. The summed E-state index contributed by atoms with van der Waals surface area (Å²) < 4.78 is 13.1. The van der Waals surface area contributed by atoms with Crippen molar-refractivity contribution in [3.8, 4) is 11.5 Å². The van der Waals surface area contributed by atoms with Gasteiger partial charge in [-0.25, -0.2) is 0 Å². The van der Waals surface area contributed by atoms with E-state index in [1.54, 1.807) is 12.1 Å². The number of ether oxygens (including phenoxy) is 2. The first-order valence-corrected chi connectivity index (χ1v) is 9.71. The Morgan fingerprint density at radius 3 is 2.93 bits per heavy atom. The second kappa shape index (κ2) is 9.08. The Bertz CT molecular complexity index is 806. The maximum Gasteiger partial charge on any atom is 0.251 e. The topological polar surface area (TPSA) is 78.3 Å². The van der Waals surface area contributed by atoms with E-state index in [1.165, 1.54) is 13.5 Å². The summed E-state index contributed by atoms with van der Waals surface area (Å²) in [5, 5.41) is 11.7. The molecular formula is C19H25ClN4O3. The van der Waals surface area contributed by atoms with Crippen molar-refractivity contribution in [1.29, 1.82) is 0 Å². The first kappa shape index (κ1) is 19.5. The Hall–Kier alpha value is -2.28. The van der Waals surface area contributed by atoms with Gasteiger partial charge in [-0.1, -0.05) is 24.9 Å². The third kappa shape index (κ3) is 4.53. The van der Waals surface area contributed by atoms with Crippen LogP contribution in [0.15, 0.2) is 12.1 Å². The summed E-state index contributed by atoms with van der Waals surface area (Å²) >= 11 is 6.29. The lowest BCUT2D eigenvalue weighted by Crippen LogP contribution is -2.25. The number of halogens is 1. The summed E-state index contributed by atoms with van der Waals surface area (Å²) in [6.07, 6.45) is 5.23. The van der Waals surface area contributed by atoms with Crippen LogP contribution in [0.5, 0.6) is 11.5 Å². The van der Waals surface area contributed by atoms with Gasteiger partial charge in [0.2, 0.25) is 0 Å². The Morgan fingerprint density at radius 2 is 2.15 bits per heavy atom. The van der Waals surface area contributed by atoms with Gasteiger partial charge < -0.3 is 19.4 Å². The molecule has 0 unspecified atom stereocenters. The summed E-state index contributed by atoms with van der Waals surface area (Å²) in [5.74, 6) is 2.43. The number of hydrogen-bond donors (Lipinski definition) is 1. The number of fused-ring (bicyclic) bond motifs is 1. The minimum atomic E-state index is -0.247. The minimum Gasteiger partial charge on any atom is -0.493 e. The molecule has 1 aromatic carbocycles. The molecule has 1 N–H and O–H groups in total. The lowest BCUT2D eigenvalue weighted by Gasteiger charge is -2.14. The van der Waals surface area contributed by atoms with E-state index >= 15 is 0 Å². The number of nitrogens with one attached hydrogen (secondary N) is 1. The number of carbonyl (C=O) groups excluding carboxylic acids is 1. The average Bonchev–Trinajstić information content (AvgIpc) is 2.90. The first-order chi connectivity index (χ1) is 13.1. The van der Waals surface area contributed by atoms with E-state index in [1.807, 2.05) is 6.92 Å². The van der Waals surface area contributed by atoms with Gasteiger partial charge in [-0.05, 0) is 31.4 Å². The predicted octanol–water partition coefficient (Wildman–Crippen LogP) is 3.39. The van der Waals surface area contributed by atoms with Gasteiger partial charge in [0.05, 0.1) is 25.3 Å². The van der Waals surface area contributed by atoms with Crippen LogP contribution in [0.3, 0.4) is 0 Å². The molecular weight excluding hydrogens is 368 g/mol. The number of methoxy groups -OCH3 is 1. The van der Waals surface area contributed by atoms with Gasteiger partial charge in [0.15, 0.2) is 17.3 Å². The highest BCUT2D eigenvalue weighted by molar-refractivity contribution is 6.32. The fourth-order valence-corrected chi connectivity index (χ4v) is 3.40. The second-order valence-electron chi connectivity index (χ2n) is 6.52. The van der Waals surface area contributed by atoms with Gasteiger partial charge in [0.25, 0.3) is 5.91 Å². The molecule has 0 radical (unpaired) electrons. The molecule has 27 heavy (non-hydrogen) atoms. The lowest BCUT2D eigenvalue weighted by atomic mass is 10.2. The Kier molecular flexibility index (Phi) is 6.55. The van der Waals surface area contributed by atoms with Gasteiger partial charge in [0, 0.05) is 18.5 Å². The van der Waals surface area contributed by atoms with Crippen molar-refractivity contribution >= 4 is 17.5 Å². The fraction of sp³-hybridized carbons (Fsp3) is 0.526. The van der Waals surface area contributed by atoms with E-state index in [9.17, 15) is 4.79 Å².